The second-order valence-electron chi connectivity index (χ2n) is 3.04. The molecule has 0 spiro atoms. The van der Waals surface area contributed by atoms with Gasteiger partial charge in [-0.1, -0.05) is 25.1 Å². The van der Waals surface area contributed by atoms with E-state index in [1.54, 1.807) is 25.1 Å². The molecule has 1 atom stereocenters. The van der Waals surface area contributed by atoms with Gasteiger partial charge in [0.2, 0.25) is 10.0 Å². The fourth-order valence-corrected chi connectivity index (χ4v) is 2.41. The second-order valence-corrected chi connectivity index (χ2v) is 4.79. The third-order valence-electron chi connectivity index (χ3n) is 2.05. The highest BCUT2D eigenvalue weighted by Crippen LogP contribution is 2.30. The van der Waals surface area contributed by atoms with Gasteiger partial charge >= 0.3 is 0 Å². The number of para-hydroxylation sites is 1. The first-order chi connectivity index (χ1) is 6.46. The number of primary sulfonamides is 1. The number of nitrogens with two attached hydrogens (primary N) is 1. The lowest BCUT2D eigenvalue weighted by molar-refractivity contribution is 0.465. The van der Waals surface area contributed by atoms with Crippen LogP contribution in [0.25, 0.3) is 0 Å². The molecule has 0 aliphatic rings. The summed E-state index contributed by atoms with van der Waals surface area (Å²) in [4.78, 5) is 0. The molecule has 0 saturated carbocycles. The minimum Gasteiger partial charge on any atom is -0.508 e. The SMILES string of the molecule is CCC(c1ccccc1O)S(N)(=O)=O. The topological polar surface area (TPSA) is 80.4 Å². The van der Waals surface area contributed by atoms with Crippen molar-refractivity contribution in [2.24, 2.45) is 5.14 Å². The van der Waals surface area contributed by atoms with Crippen LogP contribution in [0.1, 0.15) is 24.2 Å². The van der Waals surface area contributed by atoms with E-state index in [2.05, 4.69) is 0 Å². The highest BCUT2D eigenvalue weighted by Gasteiger charge is 2.23. The van der Waals surface area contributed by atoms with Crippen LogP contribution in [0.3, 0.4) is 0 Å². The molecule has 0 radical (unpaired) electrons. The van der Waals surface area contributed by atoms with Crippen LogP contribution in [0.5, 0.6) is 5.75 Å². The van der Waals surface area contributed by atoms with Crippen molar-refractivity contribution in [3.05, 3.63) is 29.8 Å². The van der Waals surface area contributed by atoms with Crippen molar-refractivity contribution in [3.8, 4) is 5.75 Å². The van der Waals surface area contributed by atoms with E-state index in [-0.39, 0.29) is 5.75 Å². The molecule has 0 saturated heterocycles. The number of aromatic hydroxyl groups is 1. The van der Waals surface area contributed by atoms with Gasteiger partial charge in [-0.3, -0.25) is 0 Å². The van der Waals surface area contributed by atoms with Crippen LogP contribution in [-0.4, -0.2) is 13.5 Å². The van der Waals surface area contributed by atoms with Crippen molar-refractivity contribution in [1.29, 1.82) is 0 Å². The predicted molar refractivity (Wildman–Crippen MR) is 54.2 cm³/mol. The molecule has 0 aliphatic carbocycles. The van der Waals surface area contributed by atoms with E-state index in [1.165, 1.54) is 6.07 Å². The molecule has 4 nitrogen and oxygen atoms in total. The van der Waals surface area contributed by atoms with E-state index in [0.717, 1.165) is 0 Å². The van der Waals surface area contributed by atoms with Gasteiger partial charge in [0.15, 0.2) is 0 Å². The Labute approximate surface area is 83.4 Å². The third kappa shape index (κ3) is 2.24. The molecule has 0 aliphatic heterocycles. The van der Waals surface area contributed by atoms with Crippen LogP contribution >= 0.6 is 0 Å². The summed E-state index contributed by atoms with van der Waals surface area (Å²) in [6.45, 7) is 1.71. The molecule has 0 bridgehead atoms. The Kier molecular flexibility index (Phi) is 3.13. The molecule has 0 fully saturated rings. The minimum absolute atomic E-state index is 0.0339. The molecule has 1 unspecified atom stereocenters. The monoisotopic (exact) mass is 215 g/mol. The first-order valence-corrected chi connectivity index (χ1v) is 5.87. The smallest absolute Gasteiger partial charge is 0.216 e. The molecule has 1 aromatic rings. The van der Waals surface area contributed by atoms with Gasteiger partial charge in [-0.2, -0.15) is 0 Å². The molecular weight excluding hydrogens is 202 g/mol. The zero-order valence-electron chi connectivity index (χ0n) is 7.84. The average Bonchev–Trinajstić information content (AvgIpc) is 2.07. The Hall–Kier alpha value is -1.07. The van der Waals surface area contributed by atoms with E-state index in [9.17, 15) is 13.5 Å². The van der Waals surface area contributed by atoms with Crippen molar-refractivity contribution >= 4 is 10.0 Å². The van der Waals surface area contributed by atoms with E-state index >= 15 is 0 Å². The molecule has 1 aromatic carbocycles. The molecule has 0 aromatic heterocycles. The van der Waals surface area contributed by atoms with Crippen LogP contribution in [0.15, 0.2) is 24.3 Å². The maximum Gasteiger partial charge on any atom is 0.216 e. The number of hydrogen-bond acceptors (Lipinski definition) is 3. The lowest BCUT2D eigenvalue weighted by Gasteiger charge is -2.13. The van der Waals surface area contributed by atoms with Crippen LogP contribution in [0.4, 0.5) is 0 Å². The molecule has 0 heterocycles. The third-order valence-corrected chi connectivity index (χ3v) is 3.43. The lowest BCUT2D eigenvalue weighted by atomic mass is 10.1. The van der Waals surface area contributed by atoms with Gasteiger partial charge in [0, 0.05) is 5.56 Å². The van der Waals surface area contributed by atoms with Gasteiger partial charge in [0.05, 0.1) is 0 Å². The Bertz CT molecular complexity index is 414. The fraction of sp³-hybridized carbons (Fsp3) is 0.333. The van der Waals surface area contributed by atoms with Crippen molar-refractivity contribution in [3.63, 3.8) is 0 Å². The minimum atomic E-state index is -3.65. The van der Waals surface area contributed by atoms with Crippen LogP contribution in [-0.2, 0) is 10.0 Å². The van der Waals surface area contributed by atoms with Crippen LogP contribution in [0, 0.1) is 0 Å². The quantitative estimate of drug-likeness (QED) is 0.793. The van der Waals surface area contributed by atoms with Crippen LogP contribution in [0.2, 0.25) is 0 Å². The average molecular weight is 215 g/mol. The van der Waals surface area contributed by atoms with Gasteiger partial charge in [0.1, 0.15) is 11.0 Å². The summed E-state index contributed by atoms with van der Waals surface area (Å²) < 4.78 is 22.4. The predicted octanol–water partition coefficient (Wildman–Crippen LogP) is 1.13. The number of rotatable bonds is 3. The summed E-state index contributed by atoms with van der Waals surface area (Å²) in [7, 11) is -3.65. The van der Waals surface area contributed by atoms with E-state index in [1.807, 2.05) is 0 Å². The molecular formula is C9H13NO3S. The lowest BCUT2D eigenvalue weighted by Crippen LogP contribution is -2.21. The van der Waals surface area contributed by atoms with Gasteiger partial charge < -0.3 is 5.11 Å². The molecule has 1 rings (SSSR count). The van der Waals surface area contributed by atoms with Gasteiger partial charge in [-0.05, 0) is 12.5 Å². The Morgan fingerprint density at radius 2 is 2.00 bits per heavy atom. The standard InChI is InChI=1S/C9H13NO3S/c1-2-9(14(10,12)13)7-5-3-4-6-8(7)11/h3-6,9,11H,2H2,1H3,(H2,10,12,13). The summed E-state index contributed by atoms with van der Waals surface area (Å²) in [5.74, 6) is -0.0339. The van der Waals surface area contributed by atoms with E-state index in [4.69, 9.17) is 5.14 Å². The fourth-order valence-electron chi connectivity index (χ4n) is 1.39. The normalized spacial score (nSPS) is 13.9. The van der Waals surface area contributed by atoms with Gasteiger partial charge in [-0.15, -0.1) is 0 Å². The molecule has 14 heavy (non-hydrogen) atoms. The van der Waals surface area contributed by atoms with Crippen LogP contribution < -0.4 is 5.14 Å². The highest BCUT2D eigenvalue weighted by molar-refractivity contribution is 7.89. The highest BCUT2D eigenvalue weighted by atomic mass is 32.2. The Morgan fingerprint density at radius 3 is 2.43 bits per heavy atom. The molecule has 3 N–H and O–H groups in total. The van der Waals surface area contributed by atoms with E-state index < -0.39 is 15.3 Å². The Morgan fingerprint density at radius 1 is 1.43 bits per heavy atom. The number of phenols is 1. The van der Waals surface area contributed by atoms with Crippen molar-refractivity contribution < 1.29 is 13.5 Å². The molecule has 78 valence electrons. The zero-order valence-corrected chi connectivity index (χ0v) is 8.66. The molecule has 0 amide bonds. The summed E-state index contributed by atoms with van der Waals surface area (Å²) in [5.41, 5.74) is 0.359. The van der Waals surface area contributed by atoms with E-state index in [0.29, 0.717) is 12.0 Å². The summed E-state index contributed by atoms with van der Waals surface area (Å²) in [6.07, 6.45) is 0.344. The Balaban J connectivity index is 3.21. The maximum atomic E-state index is 11.2. The van der Waals surface area contributed by atoms with Crippen molar-refractivity contribution in [2.75, 3.05) is 0 Å². The summed E-state index contributed by atoms with van der Waals surface area (Å²) in [6, 6.07) is 6.31. The maximum absolute atomic E-state index is 11.2. The van der Waals surface area contributed by atoms with Crippen molar-refractivity contribution in [2.45, 2.75) is 18.6 Å². The van der Waals surface area contributed by atoms with Gasteiger partial charge in [0.25, 0.3) is 0 Å². The number of sulfonamides is 1. The largest absolute Gasteiger partial charge is 0.508 e. The first kappa shape index (κ1) is 11.0. The number of hydrogen-bond donors (Lipinski definition) is 2. The van der Waals surface area contributed by atoms with Crippen molar-refractivity contribution in [1.82, 2.24) is 0 Å². The molecule has 5 heteroatoms. The number of benzene rings is 1. The summed E-state index contributed by atoms with van der Waals surface area (Å²) >= 11 is 0. The number of phenolic OH excluding ortho intramolecular Hbond substituents is 1. The second kappa shape index (κ2) is 3.98. The first-order valence-electron chi connectivity index (χ1n) is 4.26. The zero-order chi connectivity index (χ0) is 10.8. The van der Waals surface area contributed by atoms with Gasteiger partial charge in [-0.25, -0.2) is 13.6 Å². The summed E-state index contributed by atoms with van der Waals surface area (Å²) in [5, 5.41) is 13.7.